The Balaban J connectivity index is 0.00000364. The number of hydrogen-bond donors (Lipinski definition) is 2. The van der Waals surface area contributed by atoms with E-state index in [9.17, 15) is 13.2 Å². The first-order valence-electron chi connectivity index (χ1n) is 8.04. The maximum absolute atomic E-state index is 12.6. The summed E-state index contributed by atoms with van der Waals surface area (Å²) in [5.74, 6) is 0.555. The molecule has 11 heteroatoms. The van der Waals surface area contributed by atoms with E-state index in [1.54, 1.807) is 11.3 Å². The van der Waals surface area contributed by atoms with E-state index in [0.717, 1.165) is 16.7 Å². The van der Waals surface area contributed by atoms with E-state index in [4.69, 9.17) is 0 Å². The summed E-state index contributed by atoms with van der Waals surface area (Å²) >= 11 is 2.65. The van der Waals surface area contributed by atoms with Gasteiger partial charge in [-0.25, -0.2) is 9.98 Å². The predicted octanol–water partition coefficient (Wildman–Crippen LogP) is 4.20. The number of nitrogens with zero attached hydrogens (tertiary/aromatic N) is 3. The molecule has 2 rings (SSSR count). The zero-order valence-corrected chi connectivity index (χ0v) is 19.2. The Kier molecular flexibility index (Phi) is 9.98. The van der Waals surface area contributed by atoms with Gasteiger partial charge in [0, 0.05) is 23.3 Å². The van der Waals surface area contributed by atoms with Crippen LogP contribution in [0.3, 0.4) is 0 Å². The highest BCUT2D eigenvalue weighted by Crippen LogP contribution is 2.30. The molecule has 0 spiro atoms. The van der Waals surface area contributed by atoms with Crippen LogP contribution in [0.1, 0.15) is 28.5 Å². The number of nitrogens with one attached hydrogen (secondary N) is 2. The average molecular weight is 533 g/mol. The number of halogens is 4. The van der Waals surface area contributed by atoms with Crippen molar-refractivity contribution in [3.05, 3.63) is 38.5 Å². The van der Waals surface area contributed by atoms with Crippen molar-refractivity contribution >= 4 is 52.6 Å². The molecule has 0 aromatic carbocycles. The molecule has 0 aliphatic heterocycles. The number of aromatic nitrogens is 1. The van der Waals surface area contributed by atoms with Crippen LogP contribution in [0.2, 0.25) is 0 Å². The number of hydrogen-bond acceptors (Lipinski definition) is 5. The number of alkyl halides is 3. The van der Waals surface area contributed by atoms with Crippen LogP contribution in [-0.2, 0) is 12.7 Å². The maximum atomic E-state index is 12.6. The van der Waals surface area contributed by atoms with Gasteiger partial charge in [-0.05, 0) is 32.5 Å². The van der Waals surface area contributed by atoms with Gasteiger partial charge in [0.1, 0.15) is 5.01 Å². The minimum absolute atomic E-state index is 0. The summed E-state index contributed by atoms with van der Waals surface area (Å²) in [6.07, 6.45) is -4.42. The van der Waals surface area contributed by atoms with E-state index in [0.29, 0.717) is 24.1 Å². The Labute approximate surface area is 182 Å². The number of thiazole rings is 1. The minimum Gasteiger partial charge on any atom is -0.357 e. The van der Waals surface area contributed by atoms with Crippen LogP contribution in [0, 0.1) is 0 Å². The Morgan fingerprint density at radius 1 is 1.30 bits per heavy atom. The van der Waals surface area contributed by atoms with Crippen LogP contribution in [0.5, 0.6) is 0 Å². The summed E-state index contributed by atoms with van der Waals surface area (Å²) < 4.78 is 37.9. The molecule has 0 aliphatic rings. The van der Waals surface area contributed by atoms with Crippen LogP contribution in [0.4, 0.5) is 13.2 Å². The number of aliphatic imine (C=N–C) groups is 1. The van der Waals surface area contributed by atoms with Crippen LogP contribution in [0.25, 0.3) is 0 Å². The maximum Gasteiger partial charge on any atom is 0.434 e. The number of likely N-dealkylation sites (N-methyl/N-ethyl adjacent to an activating group) is 1. The van der Waals surface area contributed by atoms with Crippen molar-refractivity contribution in [3.63, 3.8) is 0 Å². The average Bonchev–Trinajstić information content (AvgIpc) is 3.23. The SMILES string of the molecule is CCNC(=NCc1nc(C(F)(F)F)cs1)NCC(c1cccs1)N(C)C.I. The van der Waals surface area contributed by atoms with Crippen molar-refractivity contribution < 1.29 is 13.2 Å². The molecule has 0 saturated carbocycles. The van der Waals surface area contributed by atoms with Gasteiger partial charge in [-0.15, -0.1) is 46.7 Å². The molecule has 2 aromatic heterocycles. The van der Waals surface area contributed by atoms with Crippen molar-refractivity contribution in [2.75, 3.05) is 27.2 Å². The summed E-state index contributed by atoms with van der Waals surface area (Å²) in [6, 6.07) is 4.27. The Bertz CT molecular complexity index is 701. The highest BCUT2D eigenvalue weighted by Gasteiger charge is 2.33. The van der Waals surface area contributed by atoms with E-state index in [-0.39, 0.29) is 36.6 Å². The lowest BCUT2D eigenvalue weighted by Crippen LogP contribution is -2.41. The molecule has 0 amide bonds. The van der Waals surface area contributed by atoms with E-state index < -0.39 is 11.9 Å². The molecule has 27 heavy (non-hydrogen) atoms. The summed E-state index contributed by atoms with van der Waals surface area (Å²) in [5.41, 5.74) is -0.865. The zero-order chi connectivity index (χ0) is 19.2. The van der Waals surface area contributed by atoms with Crippen molar-refractivity contribution in [3.8, 4) is 0 Å². The lowest BCUT2D eigenvalue weighted by Gasteiger charge is -2.24. The Morgan fingerprint density at radius 3 is 2.56 bits per heavy atom. The van der Waals surface area contributed by atoms with Gasteiger partial charge >= 0.3 is 6.18 Å². The first-order chi connectivity index (χ1) is 12.3. The third kappa shape index (κ3) is 7.54. The smallest absolute Gasteiger partial charge is 0.357 e. The van der Waals surface area contributed by atoms with E-state index in [1.165, 1.54) is 4.88 Å². The minimum atomic E-state index is -4.42. The first-order valence-corrected chi connectivity index (χ1v) is 9.80. The number of guanidine groups is 1. The number of rotatable bonds is 7. The van der Waals surface area contributed by atoms with E-state index in [2.05, 4.69) is 31.6 Å². The molecule has 5 nitrogen and oxygen atoms in total. The molecule has 0 bridgehead atoms. The fourth-order valence-corrected chi connectivity index (χ4v) is 3.86. The molecule has 2 heterocycles. The third-order valence-electron chi connectivity index (χ3n) is 3.52. The van der Waals surface area contributed by atoms with Gasteiger partial charge < -0.3 is 15.5 Å². The largest absolute Gasteiger partial charge is 0.434 e. The summed E-state index contributed by atoms with van der Waals surface area (Å²) in [4.78, 5) is 11.3. The standard InChI is InChI=1S/C16H22F3N5S2.HI/c1-4-20-15(21-8-11(24(2)3)12-6-5-7-25-12)22-9-14-23-13(10-26-14)16(17,18)19;/h5-7,10-11H,4,8-9H2,1-3H3,(H2,20,21,22);1H. The van der Waals surface area contributed by atoms with Gasteiger partial charge in [0.05, 0.1) is 12.6 Å². The summed E-state index contributed by atoms with van der Waals surface area (Å²) in [5, 5.41) is 9.75. The normalized spacial score (nSPS) is 13.4. The fraction of sp³-hybridized carbons (Fsp3) is 0.500. The van der Waals surface area contributed by atoms with Gasteiger partial charge in [-0.2, -0.15) is 13.2 Å². The van der Waals surface area contributed by atoms with Crippen LogP contribution in [0.15, 0.2) is 27.9 Å². The molecule has 152 valence electrons. The quantitative estimate of drug-likeness (QED) is 0.319. The fourth-order valence-electron chi connectivity index (χ4n) is 2.21. The number of thiophene rings is 1. The zero-order valence-electron chi connectivity index (χ0n) is 15.2. The van der Waals surface area contributed by atoms with Crippen molar-refractivity contribution in [1.82, 2.24) is 20.5 Å². The van der Waals surface area contributed by atoms with Crippen LogP contribution < -0.4 is 10.6 Å². The van der Waals surface area contributed by atoms with Crippen LogP contribution in [-0.4, -0.2) is 43.0 Å². The van der Waals surface area contributed by atoms with Gasteiger partial charge in [0.15, 0.2) is 11.7 Å². The van der Waals surface area contributed by atoms with E-state index >= 15 is 0 Å². The summed E-state index contributed by atoms with van der Waals surface area (Å²) in [7, 11) is 4.01. The second-order valence-electron chi connectivity index (χ2n) is 5.70. The van der Waals surface area contributed by atoms with Crippen molar-refractivity contribution in [2.45, 2.75) is 25.7 Å². The van der Waals surface area contributed by atoms with Gasteiger partial charge in [-0.1, -0.05) is 6.07 Å². The van der Waals surface area contributed by atoms with Crippen molar-refractivity contribution in [1.29, 1.82) is 0 Å². The topological polar surface area (TPSA) is 52.6 Å². The van der Waals surface area contributed by atoms with Gasteiger partial charge in [0.25, 0.3) is 0 Å². The second kappa shape index (κ2) is 11.2. The lowest BCUT2D eigenvalue weighted by atomic mass is 10.2. The molecule has 0 aliphatic carbocycles. The molecule has 0 fully saturated rings. The monoisotopic (exact) mass is 533 g/mol. The molecule has 1 unspecified atom stereocenters. The third-order valence-corrected chi connectivity index (χ3v) is 5.32. The van der Waals surface area contributed by atoms with Crippen molar-refractivity contribution in [2.24, 2.45) is 4.99 Å². The van der Waals surface area contributed by atoms with Gasteiger partial charge in [0.2, 0.25) is 0 Å². The predicted molar refractivity (Wildman–Crippen MR) is 116 cm³/mol. The molecular weight excluding hydrogens is 510 g/mol. The highest BCUT2D eigenvalue weighted by molar-refractivity contribution is 14.0. The molecule has 2 N–H and O–H groups in total. The molecular formula is C16H23F3IN5S2. The molecule has 1 atom stereocenters. The highest BCUT2D eigenvalue weighted by atomic mass is 127. The van der Waals surface area contributed by atoms with E-state index in [1.807, 2.05) is 32.5 Å². The second-order valence-corrected chi connectivity index (χ2v) is 7.62. The Morgan fingerprint density at radius 2 is 2.04 bits per heavy atom. The molecule has 0 saturated heterocycles. The molecule has 2 aromatic rings. The first kappa shape index (κ1) is 24.1. The summed E-state index contributed by atoms with van der Waals surface area (Å²) in [6.45, 7) is 3.32. The molecule has 0 radical (unpaired) electrons. The van der Waals surface area contributed by atoms with Crippen LogP contribution >= 0.6 is 46.7 Å². The lowest BCUT2D eigenvalue weighted by molar-refractivity contribution is -0.140. The van der Waals surface area contributed by atoms with Gasteiger partial charge in [-0.3, -0.25) is 0 Å². The Hall–Kier alpha value is -0.920.